The Morgan fingerprint density at radius 1 is 0.895 bits per heavy atom. The smallest absolute Gasteiger partial charge is 0.119 e. The molecule has 0 spiro atoms. The minimum Gasteiger partial charge on any atom is -0.494 e. The molecule has 2 heteroatoms. The SMILES string of the molecule is CCCCCCCCCOc1cc(C)c(Br)c(C)c1. The fourth-order valence-electron chi connectivity index (χ4n) is 2.24. The minimum atomic E-state index is 0.842. The lowest BCUT2D eigenvalue weighted by atomic mass is 10.1. The van der Waals surface area contributed by atoms with Crippen LogP contribution in [0.1, 0.15) is 63.0 Å². The van der Waals surface area contributed by atoms with Gasteiger partial charge in [0.1, 0.15) is 5.75 Å². The van der Waals surface area contributed by atoms with E-state index in [-0.39, 0.29) is 0 Å². The molecule has 0 aliphatic heterocycles. The van der Waals surface area contributed by atoms with Gasteiger partial charge >= 0.3 is 0 Å². The van der Waals surface area contributed by atoms with Gasteiger partial charge in [-0.3, -0.25) is 0 Å². The Kier molecular flexibility index (Phi) is 8.20. The molecule has 108 valence electrons. The van der Waals surface area contributed by atoms with Crippen LogP contribution in [0.2, 0.25) is 0 Å². The second kappa shape index (κ2) is 9.41. The minimum absolute atomic E-state index is 0.842. The first-order valence-corrected chi connectivity index (χ1v) is 8.34. The summed E-state index contributed by atoms with van der Waals surface area (Å²) in [6, 6.07) is 4.22. The molecular formula is C17H27BrO. The van der Waals surface area contributed by atoms with Crippen molar-refractivity contribution < 1.29 is 4.74 Å². The summed E-state index contributed by atoms with van der Waals surface area (Å²) in [5, 5.41) is 0. The molecule has 0 aliphatic carbocycles. The Balaban J connectivity index is 2.16. The van der Waals surface area contributed by atoms with Gasteiger partial charge in [0, 0.05) is 4.47 Å². The van der Waals surface area contributed by atoms with E-state index in [9.17, 15) is 0 Å². The lowest BCUT2D eigenvalue weighted by Gasteiger charge is -2.10. The monoisotopic (exact) mass is 326 g/mol. The van der Waals surface area contributed by atoms with Crippen molar-refractivity contribution in [3.05, 3.63) is 27.7 Å². The highest BCUT2D eigenvalue weighted by Gasteiger charge is 2.02. The molecular weight excluding hydrogens is 300 g/mol. The first kappa shape index (κ1) is 16.6. The van der Waals surface area contributed by atoms with Gasteiger partial charge in [0.15, 0.2) is 0 Å². The fraction of sp³-hybridized carbons (Fsp3) is 0.647. The molecule has 0 saturated heterocycles. The molecule has 0 atom stereocenters. The Hall–Kier alpha value is -0.500. The predicted octanol–water partition coefficient (Wildman–Crippen LogP) is 6.20. The first-order chi connectivity index (χ1) is 9.15. The second-order valence-corrected chi connectivity index (χ2v) is 6.13. The highest BCUT2D eigenvalue weighted by Crippen LogP contribution is 2.26. The molecule has 0 bridgehead atoms. The zero-order valence-electron chi connectivity index (χ0n) is 12.6. The summed E-state index contributed by atoms with van der Waals surface area (Å²) in [5.74, 6) is 1.00. The van der Waals surface area contributed by atoms with Gasteiger partial charge in [0.25, 0.3) is 0 Å². The van der Waals surface area contributed by atoms with Crippen molar-refractivity contribution in [1.82, 2.24) is 0 Å². The van der Waals surface area contributed by atoms with Crippen molar-refractivity contribution in [2.45, 2.75) is 65.7 Å². The van der Waals surface area contributed by atoms with Crippen molar-refractivity contribution in [3.63, 3.8) is 0 Å². The third kappa shape index (κ3) is 6.47. The molecule has 0 N–H and O–H groups in total. The molecule has 0 radical (unpaired) electrons. The van der Waals surface area contributed by atoms with E-state index in [1.54, 1.807) is 0 Å². The number of unbranched alkanes of at least 4 members (excludes halogenated alkanes) is 6. The van der Waals surface area contributed by atoms with Gasteiger partial charge in [-0.15, -0.1) is 0 Å². The molecule has 0 unspecified atom stereocenters. The molecule has 0 fully saturated rings. The topological polar surface area (TPSA) is 9.23 Å². The van der Waals surface area contributed by atoms with Gasteiger partial charge < -0.3 is 4.74 Å². The van der Waals surface area contributed by atoms with Crippen molar-refractivity contribution >= 4 is 15.9 Å². The predicted molar refractivity (Wildman–Crippen MR) is 87.1 cm³/mol. The third-order valence-electron chi connectivity index (χ3n) is 3.43. The molecule has 19 heavy (non-hydrogen) atoms. The summed E-state index contributed by atoms with van der Waals surface area (Å²) >= 11 is 3.58. The van der Waals surface area contributed by atoms with Crippen molar-refractivity contribution in [3.8, 4) is 5.75 Å². The lowest BCUT2D eigenvalue weighted by molar-refractivity contribution is 0.304. The summed E-state index contributed by atoms with van der Waals surface area (Å²) in [5.41, 5.74) is 2.49. The maximum atomic E-state index is 5.83. The molecule has 0 aliphatic rings. The Morgan fingerprint density at radius 3 is 2.00 bits per heavy atom. The number of benzene rings is 1. The van der Waals surface area contributed by atoms with Gasteiger partial charge in [0.2, 0.25) is 0 Å². The second-order valence-electron chi connectivity index (χ2n) is 5.34. The normalized spacial score (nSPS) is 10.7. The van der Waals surface area contributed by atoms with Crippen LogP contribution in [-0.4, -0.2) is 6.61 Å². The summed E-state index contributed by atoms with van der Waals surface area (Å²) in [6.07, 6.45) is 9.28. The van der Waals surface area contributed by atoms with Crippen LogP contribution in [0.4, 0.5) is 0 Å². The van der Waals surface area contributed by atoms with E-state index in [2.05, 4.69) is 48.8 Å². The maximum Gasteiger partial charge on any atom is 0.119 e. The van der Waals surface area contributed by atoms with Crippen LogP contribution in [0, 0.1) is 13.8 Å². The van der Waals surface area contributed by atoms with Crippen LogP contribution in [0.25, 0.3) is 0 Å². The fourth-order valence-corrected chi connectivity index (χ4v) is 2.47. The average molecular weight is 327 g/mol. The average Bonchev–Trinajstić information content (AvgIpc) is 2.39. The maximum absolute atomic E-state index is 5.83. The van der Waals surface area contributed by atoms with E-state index in [1.807, 2.05) is 0 Å². The van der Waals surface area contributed by atoms with Gasteiger partial charge in [-0.05, 0) is 43.5 Å². The van der Waals surface area contributed by atoms with E-state index >= 15 is 0 Å². The van der Waals surface area contributed by atoms with Crippen molar-refractivity contribution in [2.75, 3.05) is 6.61 Å². The van der Waals surface area contributed by atoms with Gasteiger partial charge in [0.05, 0.1) is 6.61 Å². The van der Waals surface area contributed by atoms with Crippen molar-refractivity contribution in [2.24, 2.45) is 0 Å². The lowest BCUT2D eigenvalue weighted by Crippen LogP contribution is -1.98. The largest absolute Gasteiger partial charge is 0.494 e. The zero-order chi connectivity index (χ0) is 14.1. The molecule has 1 nitrogen and oxygen atoms in total. The zero-order valence-corrected chi connectivity index (χ0v) is 14.2. The van der Waals surface area contributed by atoms with E-state index in [0.29, 0.717) is 0 Å². The summed E-state index contributed by atoms with van der Waals surface area (Å²) in [7, 11) is 0. The Labute approximate surface area is 126 Å². The van der Waals surface area contributed by atoms with Crippen molar-refractivity contribution in [1.29, 1.82) is 0 Å². The van der Waals surface area contributed by atoms with Crippen LogP contribution < -0.4 is 4.74 Å². The van der Waals surface area contributed by atoms with Crippen LogP contribution in [0.3, 0.4) is 0 Å². The van der Waals surface area contributed by atoms with E-state index in [0.717, 1.165) is 12.4 Å². The molecule has 1 rings (SSSR count). The first-order valence-electron chi connectivity index (χ1n) is 7.54. The molecule has 0 amide bonds. The molecule has 0 saturated carbocycles. The number of hydrogen-bond acceptors (Lipinski definition) is 1. The number of aryl methyl sites for hydroxylation is 2. The summed E-state index contributed by atoms with van der Waals surface area (Å²) in [4.78, 5) is 0. The number of rotatable bonds is 9. The quantitative estimate of drug-likeness (QED) is 0.491. The molecule has 1 aromatic carbocycles. The number of halogens is 1. The van der Waals surface area contributed by atoms with Crippen LogP contribution >= 0.6 is 15.9 Å². The molecule has 0 heterocycles. The van der Waals surface area contributed by atoms with E-state index < -0.39 is 0 Å². The highest BCUT2D eigenvalue weighted by molar-refractivity contribution is 9.10. The van der Waals surface area contributed by atoms with Gasteiger partial charge in [-0.2, -0.15) is 0 Å². The van der Waals surface area contributed by atoms with Crippen LogP contribution in [0.5, 0.6) is 5.75 Å². The standard InChI is InChI=1S/C17H27BrO/c1-4-5-6-7-8-9-10-11-19-16-12-14(2)17(18)15(3)13-16/h12-13H,4-11H2,1-3H3. The van der Waals surface area contributed by atoms with Gasteiger partial charge in [-0.1, -0.05) is 61.4 Å². The third-order valence-corrected chi connectivity index (χ3v) is 4.68. The van der Waals surface area contributed by atoms with E-state index in [4.69, 9.17) is 4.74 Å². The van der Waals surface area contributed by atoms with Gasteiger partial charge in [-0.25, -0.2) is 0 Å². The van der Waals surface area contributed by atoms with E-state index in [1.165, 1.54) is 60.5 Å². The molecule has 0 aromatic heterocycles. The number of hydrogen-bond donors (Lipinski definition) is 0. The van der Waals surface area contributed by atoms with Crippen LogP contribution in [-0.2, 0) is 0 Å². The van der Waals surface area contributed by atoms with Crippen LogP contribution in [0.15, 0.2) is 16.6 Å². The molecule has 1 aromatic rings. The number of ether oxygens (including phenoxy) is 1. The summed E-state index contributed by atoms with van der Waals surface area (Å²) < 4.78 is 7.02. The highest BCUT2D eigenvalue weighted by atomic mass is 79.9. The summed E-state index contributed by atoms with van der Waals surface area (Å²) in [6.45, 7) is 7.32. The Morgan fingerprint density at radius 2 is 1.42 bits per heavy atom. The Bertz CT molecular complexity index is 351.